The van der Waals surface area contributed by atoms with Crippen molar-refractivity contribution in [1.29, 1.82) is 0 Å². The third-order valence-electron chi connectivity index (χ3n) is 12.0. The molecule has 11 rings (SSSR count). The van der Waals surface area contributed by atoms with E-state index < -0.39 is 0 Å². The van der Waals surface area contributed by atoms with Gasteiger partial charge in [-0.3, -0.25) is 0 Å². The largest absolute Gasteiger partial charge is 0.309 e. The standard InChI is InChI=1S/C58H36Cl4N2/c59-45-23-29-53-43(31-45)9-5-13-55(53)63(57-35-47(61)33-41-7-1-3-11-51(41)57)49-25-19-39(20-26-49)37-15-17-38(18-16-37)40-21-27-50(28-22-40)64(56-14-6-10-44-32-46(60)24-30-54(44)56)58-36-48(62)34-42-8-2-4-12-52(42)58/h1-36H. The molecule has 0 radical (unpaired) electrons. The third-order valence-corrected chi connectivity index (χ3v) is 12.9. The second-order valence-electron chi connectivity index (χ2n) is 15.9. The van der Waals surface area contributed by atoms with E-state index in [4.69, 9.17) is 46.4 Å². The van der Waals surface area contributed by atoms with Crippen LogP contribution in [-0.2, 0) is 0 Å². The fourth-order valence-electron chi connectivity index (χ4n) is 9.02. The average Bonchev–Trinajstić information content (AvgIpc) is 3.32. The van der Waals surface area contributed by atoms with Crippen LogP contribution in [0.2, 0.25) is 20.1 Å². The number of halogens is 4. The molecule has 11 aromatic carbocycles. The van der Waals surface area contributed by atoms with Gasteiger partial charge in [-0.15, -0.1) is 0 Å². The molecule has 0 aliphatic rings. The van der Waals surface area contributed by atoms with Crippen LogP contribution < -0.4 is 9.80 Å². The van der Waals surface area contributed by atoms with E-state index >= 15 is 0 Å². The summed E-state index contributed by atoms with van der Waals surface area (Å²) in [6.45, 7) is 0. The van der Waals surface area contributed by atoms with Crippen LogP contribution in [0.3, 0.4) is 0 Å². The van der Waals surface area contributed by atoms with Crippen molar-refractivity contribution in [3.8, 4) is 22.3 Å². The maximum absolute atomic E-state index is 6.81. The minimum Gasteiger partial charge on any atom is -0.309 e. The number of anilines is 6. The number of hydrogen-bond donors (Lipinski definition) is 0. The summed E-state index contributed by atoms with van der Waals surface area (Å²) in [7, 11) is 0. The van der Waals surface area contributed by atoms with E-state index in [9.17, 15) is 0 Å². The summed E-state index contributed by atoms with van der Waals surface area (Å²) in [5, 5.41) is 11.4. The van der Waals surface area contributed by atoms with Crippen molar-refractivity contribution < 1.29 is 0 Å². The van der Waals surface area contributed by atoms with Crippen LogP contribution in [0.15, 0.2) is 218 Å². The fourth-order valence-corrected chi connectivity index (χ4v) is 9.82. The molecule has 0 bridgehead atoms. The van der Waals surface area contributed by atoms with E-state index in [0.717, 1.165) is 99.5 Å². The molecule has 0 atom stereocenters. The SMILES string of the molecule is Clc1ccc2c(N(c3ccc(-c4ccc(-c5ccc(N(c6cccc7cc(Cl)ccc67)c6cc(Cl)cc7ccccc67)cc5)cc4)cc3)c3cc(Cl)cc4ccccc34)cccc2c1. The molecule has 306 valence electrons. The zero-order valence-corrected chi connectivity index (χ0v) is 37.2. The fraction of sp³-hybridized carbons (Fsp3) is 0. The van der Waals surface area contributed by atoms with Crippen molar-refractivity contribution >= 4 is 124 Å². The van der Waals surface area contributed by atoms with Gasteiger partial charge in [0.25, 0.3) is 0 Å². The first-order valence-corrected chi connectivity index (χ1v) is 22.5. The number of fused-ring (bicyclic) bond motifs is 4. The molecule has 2 nitrogen and oxygen atoms in total. The molecule has 0 saturated heterocycles. The van der Waals surface area contributed by atoms with Crippen LogP contribution in [0.25, 0.3) is 65.3 Å². The van der Waals surface area contributed by atoms with Gasteiger partial charge < -0.3 is 9.80 Å². The van der Waals surface area contributed by atoms with Gasteiger partial charge in [0.2, 0.25) is 0 Å². The molecule has 0 amide bonds. The highest BCUT2D eigenvalue weighted by molar-refractivity contribution is 6.33. The Morgan fingerprint density at radius 1 is 0.234 bits per heavy atom. The number of hydrogen-bond acceptors (Lipinski definition) is 2. The normalized spacial score (nSPS) is 11.4. The first-order chi connectivity index (χ1) is 31.3. The van der Waals surface area contributed by atoms with Gasteiger partial charge in [0.05, 0.1) is 22.7 Å². The maximum atomic E-state index is 6.81. The zero-order chi connectivity index (χ0) is 43.3. The monoisotopic (exact) mass is 900 g/mol. The second kappa shape index (κ2) is 16.7. The predicted molar refractivity (Wildman–Crippen MR) is 277 cm³/mol. The van der Waals surface area contributed by atoms with Crippen molar-refractivity contribution in [1.82, 2.24) is 0 Å². The topological polar surface area (TPSA) is 6.48 Å². The number of nitrogens with zero attached hydrogens (tertiary/aromatic N) is 2. The molecule has 11 aromatic rings. The van der Waals surface area contributed by atoms with E-state index in [2.05, 4.69) is 180 Å². The van der Waals surface area contributed by atoms with Crippen molar-refractivity contribution in [2.24, 2.45) is 0 Å². The third kappa shape index (κ3) is 7.49. The van der Waals surface area contributed by atoms with Gasteiger partial charge in [-0.2, -0.15) is 0 Å². The van der Waals surface area contributed by atoms with Gasteiger partial charge in [-0.05, 0) is 129 Å². The smallest absolute Gasteiger partial charge is 0.0555 e. The summed E-state index contributed by atoms with van der Waals surface area (Å²) in [5.74, 6) is 0. The summed E-state index contributed by atoms with van der Waals surface area (Å²) < 4.78 is 0. The summed E-state index contributed by atoms with van der Waals surface area (Å²) in [6, 6.07) is 75.9. The van der Waals surface area contributed by atoms with Gasteiger partial charge in [-0.1, -0.05) is 180 Å². The quantitative estimate of drug-likeness (QED) is 0.150. The van der Waals surface area contributed by atoms with E-state index in [1.54, 1.807) is 0 Å². The van der Waals surface area contributed by atoms with Gasteiger partial charge in [0.1, 0.15) is 0 Å². The molecule has 64 heavy (non-hydrogen) atoms. The highest BCUT2D eigenvalue weighted by Gasteiger charge is 2.21. The molecule has 0 aliphatic heterocycles. The second-order valence-corrected chi connectivity index (χ2v) is 17.7. The van der Waals surface area contributed by atoms with E-state index in [-0.39, 0.29) is 0 Å². The lowest BCUT2D eigenvalue weighted by molar-refractivity contribution is 1.31. The molecule has 0 N–H and O–H groups in total. The van der Waals surface area contributed by atoms with Crippen LogP contribution >= 0.6 is 46.4 Å². The molecule has 0 heterocycles. The minimum atomic E-state index is 0.677. The lowest BCUT2D eigenvalue weighted by Gasteiger charge is -2.28. The molecule has 0 unspecified atom stereocenters. The predicted octanol–water partition coefficient (Wildman–Crippen LogP) is 19.2. The molecule has 0 spiro atoms. The summed E-state index contributed by atoms with van der Waals surface area (Å²) in [4.78, 5) is 4.60. The number of rotatable bonds is 8. The number of benzene rings is 11. The van der Waals surface area contributed by atoms with E-state index in [0.29, 0.717) is 20.1 Å². The Balaban J connectivity index is 0.936. The summed E-state index contributed by atoms with van der Waals surface area (Å²) >= 11 is 26.5. The summed E-state index contributed by atoms with van der Waals surface area (Å²) in [6.07, 6.45) is 0. The molecular formula is C58H36Cl4N2. The van der Waals surface area contributed by atoms with Crippen molar-refractivity contribution in [3.05, 3.63) is 238 Å². The maximum Gasteiger partial charge on any atom is 0.0555 e. The lowest BCUT2D eigenvalue weighted by Crippen LogP contribution is -2.11. The summed E-state index contributed by atoms with van der Waals surface area (Å²) in [5.41, 5.74) is 10.6. The Labute approximate surface area is 391 Å². The van der Waals surface area contributed by atoms with E-state index in [1.165, 1.54) is 0 Å². The van der Waals surface area contributed by atoms with Gasteiger partial charge in [0.15, 0.2) is 0 Å². The molecule has 0 fully saturated rings. The van der Waals surface area contributed by atoms with E-state index in [1.807, 2.05) is 48.5 Å². The molecular weight excluding hydrogens is 866 g/mol. The van der Waals surface area contributed by atoms with Crippen LogP contribution in [0, 0.1) is 0 Å². The molecule has 6 heteroatoms. The Hall–Kier alpha value is -6.78. The van der Waals surface area contributed by atoms with Crippen LogP contribution in [0.1, 0.15) is 0 Å². The van der Waals surface area contributed by atoms with Gasteiger partial charge >= 0.3 is 0 Å². The van der Waals surface area contributed by atoms with Crippen molar-refractivity contribution in [2.45, 2.75) is 0 Å². The molecule has 0 saturated carbocycles. The Morgan fingerprint density at radius 2 is 0.547 bits per heavy atom. The lowest BCUT2D eigenvalue weighted by atomic mass is 9.99. The van der Waals surface area contributed by atoms with Crippen LogP contribution in [0.5, 0.6) is 0 Å². The van der Waals surface area contributed by atoms with Crippen LogP contribution in [0.4, 0.5) is 34.1 Å². The molecule has 0 aromatic heterocycles. The highest BCUT2D eigenvalue weighted by atomic mass is 35.5. The Kier molecular flexibility index (Phi) is 10.5. The minimum absolute atomic E-state index is 0.677. The van der Waals surface area contributed by atoms with Gasteiger partial charge in [-0.25, -0.2) is 0 Å². The first-order valence-electron chi connectivity index (χ1n) is 21.0. The Morgan fingerprint density at radius 3 is 0.938 bits per heavy atom. The van der Waals surface area contributed by atoms with Gasteiger partial charge in [0, 0.05) is 53.0 Å². The van der Waals surface area contributed by atoms with Crippen LogP contribution in [-0.4, -0.2) is 0 Å². The molecule has 0 aliphatic carbocycles. The first kappa shape index (κ1) is 40.0. The Bertz CT molecular complexity index is 3310. The zero-order valence-electron chi connectivity index (χ0n) is 34.2. The van der Waals surface area contributed by atoms with Crippen molar-refractivity contribution in [2.75, 3.05) is 9.80 Å². The average molecular weight is 903 g/mol. The van der Waals surface area contributed by atoms with Crippen molar-refractivity contribution in [3.63, 3.8) is 0 Å². The highest BCUT2D eigenvalue weighted by Crippen LogP contribution is 2.46.